The van der Waals surface area contributed by atoms with E-state index in [0.717, 1.165) is 41.8 Å². The van der Waals surface area contributed by atoms with Crippen LogP contribution >= 0.6 is 0 Å². The number of furan rings is 1. The second kappa shape index (κ2) is 4.08. The lowest BCUT2D eigenvalue weighted by Crippen LogP contribution is -2.27. The normalized spacial score (nSPS) is 19.2. The van der Waals surface area contributed by atoms with Gasteiger partial charge in [0.2, 0.25) is 5.95 Å². The van der Waals surface area contributed by atoms with Gasteiger partial charge < -0.3 is 20.8 Å². The Balaban J connectivity index is 2.00. The maximum atomic E-state index is 5.97. The fourth-order valence-electron chi connectivity index (χ4n) is 2.79. The lowest BCUT2D eigenvalue weighted by molar-refractivity contribution is 0.663. The van der Waals surface area contributed by atoms with Gasteiger partial charge in [-0.3, -0.25) is 0 Å². The molecule has 3 heterocycles. The monoisotopic (exact) mass is 269 g/mol. The number of hydrogen-bond donors (Lipinski definition) is 2. The maximum absolute atomic E-state index is 5.97. The molecule has 0 bridgehead atoms. The Morgan fingerprint density at radius 1 is 1.25 bits per heavy atom. The van der Waals surface area contributed by atoms with E-state index in [1.165, 1.54) is 0 Å². The molecule has 6 nitrogen and oxygen atoms in total. The van der Waals surface area contributed by atoms with Crippen LogP contribution in [0.5, 0.6) is 0 Å². The van der Waals surface area contributed by atoms with Crippen LogP contribution in [0.3, 0.4) is 0 Å². The summed E-state index contributed by atoms with van der Waals surface area (Å²) in [6.07, 6.45) is 0.950. The van der Waals surface area contributed by atoms with Crippen LogP contribution in [0, 0.1) is 0 Å². The van der Waals surface area contributed by atoms with Crippen LogP contribution in [-0.2, 0) is 0 Å². The van der Waals surface area contributed by atoms with E-state index >= 15 is 0 Å². The number of anilines is 2. The van der Waals surface area contributed by atoms with E-state index in [4.69, 9.17) is 15.9 Å². The molecule has 1 aliphatic rings. The Hall–Kier alpha value is -2.34. The van der Waals surface area contributed by atoms with Crippen LogP contribution in [0.25, 0.3) is 22.1 Å². The summed E-state index contributed by atoms with van der Waals surface area (Å²) in [7, 11) is 0. The molecule has 0 amide bonds. The second-order valence-corrected chi connectivity index (χ2v) is 5.18. The first kappa shape index (κ1) is 11.5. The minimum atomic E-state index is 0.172. The SMILES string of the molecule is Nc1nc(N2CCC(N)C2)c2oc3ccccc3c2n1. The van der Waals surface area contributed by atoms with E-state index in [1.807, 2.05) is 24.3 Å². The highest BCUT2D eigenvalue weighted by molar-refractivity contribution is 6.06. The van der Waals surface area contributed by atoms with Gasteiger partial charge in [-0.15, -0.1) is 0 Å². The highest BCUT2D eigenvalue weighted by Gasteiger charge is 2.25. The molecule has 4 rings (SSSR count). The molecule has 0 saturated carbocycles. The van der Waals surface area contributed by atoms with Crippen molar-refractivity contribution in [1.82, 2.24) is 9.97 Å². The molecule has 6 heteroatoms. The van der Waals surface area contributed by atoms with Crippen molar-refractivity contribution in [2.75, 3.05) is 23.7 Å². The molecular weight excluding hydrogens is 254 g/mol. The summed E-state index contributed by atoms with van der Waals surface area (Å²) < 4.78 is 5.92. The van der Waals surface area contributed by atoms with Crippen LogP contribution in [-0.4, -0.2) is 29.1 Å². The average molecular weight is 269 g/mol. The fourth-order valence-corrected chi connectivity index (χ4v) is 2.79. The third-order valence-corrected chi connectivity index (χ3v) is 3.74. The Labute approximate surface area is 115 Å². The summed E-state index contributed by atoms with van der Waals surface area (Å²) in [4.78, 5) is 10.8. The van der Waals surface area contributed by atoms with Crippen molar-refractivity contribution >= 4 is 33.8 Å². The number of nitrogens with zero attached hydrogens (tertiary/aromatic N) is 3. The molecule has 2 aromatic heterocycles. The number of aromatic nitrogens is 2. The van der Waals surface area contributed by atoms with Gasteiger partial charge in [0, 0.05) is 24.5 Å². The lowest BCUT2D eigenvalue weighted by atomic mass is 10.2. The third kappa shape index (κ3) is 1.61. The summed E-state index contributed by atoms with van der Waals surface area (Å²) in [5.74, 6) is 1.01. The van der Waals surface area contributed by atoms with Crippen molar-refractivity contribution in [3.8, 4) is 0 Å². The molecule has 1 aliphatic heterocycles. The van der Waals surface area contributed by atoms with E-state index in [1.54, 1.807) is 0 Å². The first-order chi connectivity index (χ1) is 9.72. The van der Waals surface area contributed by atoms with Gasteiger partial charge in [-0.1, -0.05) is 12.1 Å². The molecule has 0 aliphatic carbocycles. The zero-order valence-corrected chi connectivity index (χ0v) is 10.9. The van der Waals surface area contributed by atoms with Crippen molar-refractivity contribution in [3.63, 3.8) is 0 Å². The lowest BCUT2D eigenvalue weighted by Gasteiger charge is -2.16. The summed E-state index contributed by atoms with van der Waals surface area (Å²) in [5, 5.41) is 0.960. The largest absolute Gasteiger partial charge is 0.450 e. The zero-order valence-electron chi connectivity index (χ0n) is 10.9. The fraction of sp³-hybridized carbons (Fsp3) is 0.286. The number of benzene rings is 1. The Morgan fingerprint density at radius 2 is 2.10 bits per heavy atom. The molecule has 0 spiro atoms. The molecule has 3 aromatic rings. The maximum Gasteiger partial charge on any atom is 0.222 e. The van der Waals surface area contributed by atoms with Gasteiger partial charge in [-0.2, -0.15) is 4.98 Å². The molecule has 1 fully saturated rings. The smallest absolute Gasteiger partial charge is 0.222 e. The summed E-state index contributed by atoms with van der Waals surface area (Å²) >= 11 is 0. The van der Waals surface area contributed by atoms with Crippen molar-refractivity contribution in [1.29, 1.82) is 0 Å². The van der Waals surface area contributed by atoms with Crippen molar-refractivity contribution in [2.24, 2.45) is 5.73 Å². The molecule has 1 atom stereocenters. The van der Waals surface area contributed by atoms with Crippen LogP contribution in [0.15, 0.2) is 28.7 Å². The second-order valence-electron chi connectivity index (χ2n) is 5.18. The molecule has 102 valence electrons. The van der Waals surface area contributed by atoms with Gasteiger partial charge in [-0.25, -0.2) is 4.98 Å². The highest BCUT2D eigenvalue weighted by atomic mass is 16.3. The predicted octanol–water partition coefficient (Wildman–Crippen LogP) is 1.50. The first-order valence-electron chi connectivity index (χ1n) is 6.67. The van der Waals surface area contributed by atoms with E-state index in [2.05, 4.69) is 14.9 Å². The summed E-state index contributed by atoms with van der Waals surface area (Å²) in [6, 6.07) is 7.97. The van der Waals surface area contributed by atoms with Crippen LogP contribution in [0.4, 0.5) is 11.8 Å². The molecule has 1 aromatic carbocycles. The van der Waals surface area contributed by atoms with Gasteiger partial charge in [-0.05, 0) is 18.6 Å². The van der Waals surface area contributed by atoms with E-state index in [9.17, 15) is 0 Å². The van der Waals surface area contributed by atoms with Gasteiger partial charge in [0.1, 0.15) is 11.1 Å². The molecule has 1 unspecified atom stereocenters. The van der Waals surface area contributed by atoms with Crippen LogP contribution in [0.1, 0.15) is 6.42 Å². The van der Waals surface area contributed by atoms with Crippen LogP contribution < -0.4 is 16.4 Å². The standard InChI is InChI=1S/C14H15N5O/c15-8-5-6-19(7-8)13-12-11(17-14(16)18-13)9-3-1-2-4-10(9)20-12/h1-4,8H,5-7,15H2,(H2,16,17,18). The van der Waals surface area contributed by atoms with Gasteiger partial charge in [0.05, 0.1) is 0 Å². The molecule has 0 radical (unpaired) electrons. The Morgan fingerprint density at radius 3 is 2.90 bits per heavy atom. The number of hydrogen-bond acceptors (Lipinski definition) is 6. The number of para-hydroxylation sites is 1. The highest BCUT2D eigenvalue weighted by Crippen LogP contribution is 2.34. The Kier molecular flexibility index (Phi) is 2.34. The van der Waals surface area contributed by atoms with Crippen molar-refractivity contribution in [3.05, 3.63) is 24.3 Å². The number of rotatable bonds is 1. The molecular formula is C14H15N5O. The minimum absolute atomic E-state index is 0.172. The molecule has 4 N–H and O–H groups in total. The number of fused-ring (bicyclic) bond motifs is 3. The van der Waals surface area contributed by atoms with Gasteiger partial charge >= 0.3 is 0 Å². The minimum Gasteiger partial charge on any atom is -0.450 e. The van der Waals surface area contributed by atoms with Gasteiger partial charge in [0.25, 0.3) is 0 Å². The molecule has 20 heavy (non-hydrogen) atoms. The van der Waals surface area contributed by atoms with Crippen LogP contribution in [0.2, 0.25) is 0 Å². The number of nitrogen functional groups attached to an aromatic ring is 1. The van der Waals surface area contributed by atoms with E-state index in [0.29, 0.717) is 5.58 Å². The summed E-state index contributed by atoms with van der Waals surface area (Å²) in [5.41, 5.74) is 14.1. The predicted molar refractivity (Wildman–Crippen MR) is 78.5 cm³/mol. The first-order valence-corrected chi connectivity index (χ1v) is 6.67. The third-order valence-electron chi connectivity index (χ3n) is 3.74. The van der Waals surface area contributed by atoms with E-state index in [-0.39, 0.29) is 12.0 Å². The average Bonchev–Trinajstić information content (AvgIpc) is 3.02. The topological polar surface area (TPSA) is 94.2 Å². The summed E-state index contributed by atoms with van der Waals surface area (Å²) in [6.45, 7) is 1.63. The quantitative estimate of drug-likeness (QED) is 0.695. The van der Waals surface area contributed by atoms with Crippen molar-refractivity contribution in [2.45, 2.75) is 12.5 Å². The molecule has 1 saturated heterocycles. The zero-order chi connectivity index (χ0) is 13.7. The van der Waals surface area contributed by atoms with E-state index < -0.39 is 0 Å². The number of nitrogens with two attached hydrogens (primary N) is 2. The van der Waals surface area contributed by atoms with Gasteiger partial charge in [0.15, 0.2) is 11.4 Å². The Bertz CT molecular complexity index is 797. The van der Waals surface area contributed by atoms with Crippen molar-refractivity contribution < 1.29 is 4.42 Å².